The van der Waals surface area contributed by atoms with E-state index in [9.17, 15) is 4.79 Å². The zero-order chi connectivity index (χ0) is 9.84. The third-order valence-corrected chi connectivity index (χ3v) is 2.01. The van der Waals surface area contributed by atoms with Gasteiger partial charge in [0.2, 0.25) is 5.91 Å². The first-order chi connectivity index (χ1) is 6.08. The fraction of sp³-hybridized carbons (Fsp3) is 0.889. The van der Waals surface area contributed by atoms with Crippen LogP contribution in [0.5, 0.6) is 0 Å². The highest BCUT2D eigenvalue weighted by Gasteiger charge is 2.25. The second-order valence-electron chi connectivity index (χ2n) is 4.05. The minimum atomic E-state index is -0.224. The molecule has 1 aliphatic rings. The molecule has 0 spiro atoms. The first kappa shape index (κ1) is 10.5. The Morgan fingerprint density at radius 2 is 2.23 bits per heavy atom. The van der Waals surface area contributed by atoms with Crippen LogP contribution in [0.2, 0.25) is 0 Å². The molecule has 0 aromatic carbocycles. The van der Waals surface area contributed by atoms with Crippen LogP contribution in [0.25, 0.3) is 0 Å². The molecule has 4 heteroatoms. The molecule has 1 heterocycles. The highest BCUT2D eigenvalue weighted by Crippen LogP contribution is 2.05. The molecule has 2 N–H and O–H groups in total. The van der Waals surface area contributed by atoms with Crippen molar-refractivity contribution in [3.63, 3.8) is 0 Å². The molecule has 0 aromatic rings. The van der Waals surface area contributed by atoms with E-state index in [2.05, 4.69) is 19.2 Å². The smallest absolute Gasteiger partial charge is 0.234 e. The van der Waals surface area contributed by atoms with E-state index < -0.39 is 0 Å². The zero-order valence-corrected chi connectivity index (χ0v) is 8.29. The van der Waals surface area contributed by atoms with Crippen molar-refractivity contribution in [2.45, 2.75) is 20.0 Å². The molecule has 13 heavy (non-hydrogen) atoms. The number of rotatable bonds is 4. The Balaban J connectivity index is 2.05. The maximum absolute atomic E-state index is 11.2. The highest BCUT2D eigenvalue weighted by molar-refractivity contribution is 5.78. The Bertz CT molecular complexity index is 176. The van der Waals surface area contributed by atoms with Crippen molar-refractivity contribution in [1.82, 2.24) is 10.2 Å². The summed E-state index contributed by atoms with van der Waals surface area (Å²) < 4.78 is 0. The molecule has 0 radical (unpaired) electrons. The maximum atomic E-state index is 11.2. The number of aliphatic hydroxyl groups is 1. The number of hydrogen-bond acceptors (Lipinski definition) is 3. The third-order valence-electron chi connectivity index (χ3n) is 2.01. The summed E-state index contributed by atoms with van der Waals surface area (Å²) in [6, 6.07) is 0. The molecule has 0 bridgehead atoms. The minimum absolute atomic E-state index is 0.0561. The number of carbonyl (C=O) groups is 1. The van der Waals surface area contributed by atoms with Crippen LogP contribution in [0.4, 0.5) is 0 Å². The Kier molecular flexibility index (Phi) is 3.69. The van der Waals surface area contributed by atoms with Gasteiger partial charge < -0.3 is 10.4 Å². The van der Waals surface area contributed by atoms with Gasteiger partial charge in [-0.1, -0.05) is 13.8 Å². The fourth-order valence-corrected chi connectivity index (χ4v) is 1.25. The average molecular weight is 186 g/mol. The van der Waals surface area contributed by atoms with Crippen molar-refractivity contribution in [2.24, 2.45) is 5.92 Å². The van der Waals surface area contributed by atoms with Gasteiger partial charge in [0.25, 0.3) is 0 Å². The van der Waals surface area contributed by atoms with Crippen LogP contribution in [-0.4, -0.2) is 48.2 Å². The van der Waals surface area contributed by atoms with Crippen molar-refractivity contribution in [1.29, 1.82) is 0 Å². The van der Waals surface area contributed by atoms with E-state index in [1.165, 1.54) is 0 Å². The maximum Gasteiger partial charge on any atom is 0.234 e. The second-order valence-corrected chi connectivity index (χ2v) is 4.05. The second kappa shape index (κ2) is 4.58. The quantitative estimate of drug-likeness (QED) is 0.618. The number of nitrogens with zero attached hydrogens (tertiary/aromatic N) is 1. The van der Waals surface area contributed by atoms with Crippen LogP contribution >= 0.6 is 0 Å². The molecule has 0 aromatic heterocycles. The number of amides is 1. The Hall–Kier alpha value is -0.610. The summed E-state index contributed by atoms with van der Waals surface area (Å²) in [4.78, 5) is 13.2. The predicted molar refractivity (Wildman–Crippen MR) is 50.3 cm³/mol. The highest BCUT2D eigenvalue weighted by atomic mass is 16.3. The lowest BCUT2D eigenvalue weighted by atomic mass is 10.2. The lowest BCUT2D eigenvalue weighted by Crippen LogP contribution is -2.54. The number of likely N-dealkylation sites (tertiary alicyclic amines) is 1. The number of β-amino-alcohol motifs (C(OH)–C–C–N with tert-alkyl or cyclic N) is 1. The summed E-state index contributed by atoms with van der Waals surface area (Å²) in [5, 5.41) is 11.8. The third kappa shape index (κ3) is 3.74. The lowest BCUT2D eigenvalue weighted by Gasteiger charge is -2.35. The van der Waals surface area contributed by atoms with E-state index in [0.29, 0.717) is 25.6 Å². The summed E-state index contributed by atoms with van der Waals surface area (Å²) in [6.07, 6.45) is -0.224. The number of aliphatic hydroxyl groups excluding tert-OH is 1. The molecule has 1 amide bonds. The van der Waals surface area contributed by atoms with Crippen molar-refractivity contribution in [3.05, 3.63) is 0 Å². The van der Waals surface area contributed by atoms with E-state index in [-0.39, 0.29) is 12.0 Å². The van der Waals surface area contributed by atoms with Gasteiger partial charge in [0.05, 0.1) is 12.6 Å². The van der Waals surface area contributed by atoms with Gasteiger partial charge in [0, 0.05) is 19.6 Å². The average Bonchev–Trinajstić information content (AvgIpc) is 1.98. The lowest BCUT2D eigenvalue weighted by molar-refractivity contribution is -0.125. The number of nitrogens with one attached hydrogen (secondary N) is 1. The standard InChI is InChI=1S/C9H18N2O2/c1-7(2)3-10-9(13)6-11-4-8(12)5-11/h7-8,12H,3-6H2,1-2H3,(H,10,13). The van der Waals surface area contributed by atoms with E-state index >= 15 is 0 Å². The normalized spacial score (nSPS) is 18.8. The molecule has 4 nitrogen and oxygen atoms in total. The molecule has 0 atom stereocenters. The van der Waals surface area contributed by atoms with Crippen LogP contribution in [0, 0.1) is 5.92 Å². The molecule has 1 rings (SSSR count). The minimum Gasteiger partial charge on any atom is -0.390 e. The number of carbonyl (C=O) groups excluding carboxylic acids is 1. The largest absolute Gasteiger partial charge is 0.390 e. The Labute approximate surface area is 78.9 Å². The predicted octanol–water partition coefficient (Wildman–Crippen LogP) is -0.565. The zero-order valence-electron chi connectivity index (χ0n) is 8.29. The van der Waals surface area contributed by atoms with Crippen LogP contribution < -0.4 is 5.32 Å². The van der Waals surface area contributed by atoms with Crippen LogP contribution in [0.15, 0.2) is 0 Å². The topological polar surface area (TPSA) is 52.6 Å². The summed E-state index contributed by atoms with van der Waals surface area (Å²) in [6.45, 7) is 6.55. The molecule has 0 aliphatic carbocycles. The van der Waals surface area contributed by atoms with Gasteiger partial charge in [-0.3, -0.25) is 9.69 Å². The molecule has 0 unspecified atom stereocenters. The molecule has 1 aliphatic heterocycles. The van der Waals surface area contributed by atoms with Crippen molar-refractivity contribution >= 4 is 5.91 Å². The fourth-order valence-electron chi connectivity index (χ4n) is 1.25. The molecular formula is C9H18N2O2. The molecule has 1 fully saturated rings. The van der Waals surface area contributed by atoms with Crippen molar-refractivity contribution < 1.29 is 9.90 Å². The number of hydrogen-bond donors (Lipinski definition) is 2. The Morgan fingerprint density at radius 1 is 1.62 bits per heavy atom. The van der Waals surface area contributed by atoms with Gasteiger partial charge in [-0.25, -0.2) is 0 Å². The summed E-state index contributed by atoms with van der Waals surface area (Å²) in [5.41, 5.74) is 0. The van der Waals surface area contributed by atoms with E-state index in [4.69, 9.17) is 5.11 Å². The van der Waals surface area contributed by atoms with Gasteiger partial charge in [0.1, 0.15) is 0 Å². The van der Waals surface area contributed by atoms with Gasteiger partial charge in [-0.15, -0.1) is 0 Å². The monoisotopic (exact) mass is 186 g/mol. The molecular weight excluding hydrogens is 168 g/mol. The Morgan fingerprint density at radius 3 is 2.69 bits per heavy atom. The SMILES string of the molecule is CC(C)CNC(=O)CN1CC(O)C1. The summed E-state index contributed by atoms with van der Waals surface area (Å²) in [5.74, 6) is 0.548. The van der Waals surface area contributed by atoms with Crippen molar-refractivity contribution in [3.8, 4) is 0 Å². The van der Waals surface area contributed by atoms with Gasteiger partial charge in [0.15, 0.2) is 0 Å². The van der Waals surface area contributed by atoms with Crippen LogP contribution in [-0.2, 0) is 4.79 Å². The van der Waals surface area contributed by atoms with E-state index in [1.807, 2.05) is 4.90 Å². The van der Waals surface area contributed by atoms with Crippen LogP contribution in [0.1, 0.15) is 13.8 Å². The molecule has 0 saturated carbocycles. The van der Waals surface area contributed by atoms with Gasteiger partial charge in [-0.05, 0) is 5.92 Å². The van der Waals surface area contributed by atoms with E-state index in [0.717, 1.165) is 6.54 Å². The van der Waals surface area contributed by atoms with E-state index in [1.54, 1.807) is 0 Å². The summed E-state index contributed by atoms with van der Waals surface area (Å²) >= 11 is 0. The van der Waals surface area contributed by atoms with Gasteiger partial charge in [-0.2, -0.15) is 0 Å². The first-order valence-electron chi connectivity index (χ1n) is 4.75. The van der Waals surface area contributed by atoms with Crippen LogP contribution in [0.3, 0.4) is 0 Å². The van der Waals surface area contributed by atoms with Gasteiger partial charge >= 0.3 is 0 Å². The molecule has 1 saturated heterocycles. The summed E-state index contributed by atoms with van der Waals surface area (Å²) in [7, 11) is 0. The van der Waals surface area contributed by atoms with Crippen molar-refractivity contribution in [2.75, 3.05) is 26.2 Å². The first-order valence-corrected chi connectivity index (χ1v) is 4.75. The molecule has 76 valence electrons.